The Bertz CT molecular complexity index is 331. The first-order valence-electron chi connectivity index (χ1n) is 5.57. The normalized spacial score (nSPS) is 20.7. The molecule has 1 aliphatic heterocycles. The molecule has 0 bridgehead atoms. The molecule has 0 radical (unpaired) electrons. The van der Waals surface area contributed by atoms with Gasteiger partial charge in [-0.2, -0.15) is 5.10 Å². The summed E-state index contributed by atoms with van der Waals surface area (Å²) >= 11 is 0. The number of nitrogens with zero attached hydrogens (tertiary/aromatic N) is 3. The number of nitrogens with one attached hydrogen (secondary N) is 2. The average Bonchev–Trinajstić information content (AvgIpc) is 2.82. The van der Waals surface area contributed by atoms with Gasteiger partial charge in [-0.25, -0.2) is 4.98 Å². The zero-order valence-electron chi connectivity index (χ0n) is 9.44. The second kappa shape index (κ2) is 5.07. The summed E-state index contributed by atoms with van der Waals surface area (Å²) in [5, 5.41) is 9.76. The molecule has 0 unspecified atom stereocenters. The van der Waals surface area contributed by atoms with Crippen LogP contribution in [0, 0.1) is 5.92 Å². The van der Waals surface area contributed by atoms with Crippen molar-refractivity contribution in [2.45, 2.75) is 19.4 Å². The first kappa shape index (κ1) is 11.1. The number of hydrogen-bond donors (Lipinski definition) is 2. The molecule has 0 aliphatic carbocycles. The van der Waals surface area contributed by atoms with E-state index in [0.29, 0.717) is 6.54 Å². The second-order valence-electron chi connectivity index (χ2n) is 4.17. The van der Waals surface area contributed by atoms with Crippen molar-refractivity contribution in [2.75, 3.05) is 20.1 Å². The highest BCUT2D eigenvalue weighted by Gasteiger charge is 2.24. The zero-order valence-corrected chi connectivity index (χ0v) is 9.44. The molecule has 2 heterocycles. The van der Waals surface area contributed by atoms with Gasteiger partial charge in [0.05, 0.1) is 12.5 Å². The lowest BCUT2D eigenvalue weighted by molar-refractivity contribution is -0.135. The Kier molecular flexibility index (Phi) is 3.51. The van der Waals surface area contributed by atoms with Crippen molar-refractivity contribution in [3.63, 3.8) is 0 Å². The van der Waals surface area contributed by atoms with Gasteiger partial charge in [-0.05, 0) is 19.4 Å². The quantitative estimate of drug-likeness (QED) is 0.742. The van der Waals surface area contributed by atoms with Crippen molar-refractivity contribution in [3.8, 4) is 0 Å². The first-order chi connectivity index (χ1) is 7.77. The van der Waals surface area contributed by atoms with E-state index in [9.17, 15) is 4.79 Å². The lowest BCUT2D eigenvalue weighted by Gasteiger charge is -2.26. The van der Waals surface area contributed by atoms with Gasteiger partial charge < -0.3 is 10.2 Å². The van der Waals surface area contributed by atoms with Crippen LogP contribution in [0.5, 0.6) is 0 Å². The number of hydrogen-bond acceptors (Lipinski definition) is 4. The molecular formula is C10H17N5O. The van der Waals surface area contributed by atoms with Gasteiger partial charge in [0, 0.05) is 13.6 Å². The molecule has 0 aromatic carbocycles. The molecule has 6 heteroatoms. The van der Waals surface area contributed by atoms with E-state index in [2.05, 4.69) is 20.5 Å². The van der Waals surface area contributed by atoms with Gasteiger partial charge in [0.1, 0.15) is 12.2 Å². The highest BCUT2D eigenvalue weighted by atomic mass is 16.2. The lowest BCUT2D eigenvalue weighted by Crippen LogP contribution is -2.41. The summed E-state index contributed by atoms with van der Waals surface area (Å²) in [5.74, 6) is 1.02. The predicted octanol–water partition coefficient (Wildman–Crippen LogP) is -0.237. The molecule has 1 fully saturated rings. The molecule has 88 valence electrons. The topological polar surface area (TPSA) is 73.9 Å². The number of H-pyrrole nitrogens is 1. The second-order valence-corrected chi connectivity index (χ2v) is 4.17. The van der Waals surface area contributed by atoms with Crippen LogP contribution < -0.4 is 5.32 Å². The molecule has 2 N–H and O–H groups in total. The third kappa shape index (κ3) is 2.57. The summed E-state index contributed by atoms with van der Waals surface area (Å²) in [7, 11) is 1.81. The molecule has 0 saturated carbocycles. The minimum atomic E-state index is 0.113. The summed E-state index contributed by atoms with van der Waals surface area (Å²) in [4.78, 5) is 17.8. The molecule has 1 atom stereocenters. The minimum Gasteiger partial charge on any atom is -0.338 e. The number of amides is 1. The Morgan fingerprint density at radius 3 is 3.19 bits per heavy atom. The van der Waals surface area contributed by atoms with Crippen molar-refractivity contribution >= 4 is 5.91 Å². The van der Waals surface area contributed by atoms with Crippen LogP contribution in [0.15, 0.2) is 6.33 Å². The van der Waals surface area contributed by atoms with Crippen LogP contribution >= 0.6 is 0 Å². The lowest BCUT2D eigenvalue weighted by atomic mass is 9.98. The van der Waals surface area contributed by atoms with Gasteiger partial charge in [-0.15, -0.1) is 0 Å². The third-order valence-electron chi connectivity index (χ3n) is 2.87. The number of carbonyl (C=O) groups is 1. The molecule has 16 heavy (non-hydrogen) atoms. The Labute approximate surface area is 94.4 Å². The summed E-state index contributed by atoms with van der Waals surface area (Å²) in [5.41, 5.74) is 0. The smallest absolute Gasteiger partial charge is 0.227 e. The first-order valence-corrected chi connectivity index (χ1v) is 5.57. The minimum absolute atomic E-state index is 0.113. The monoisotopic (exact) mass is 223 g/mol. The van der Waals surface area contributed by atoms with E-state index in [1.165, 1.54) is 6.33 Å². The van der Waals surface area contributed by atoms with Gasteiger partial charge >= 0.3 is 0 Å². The molecule has 1 aromatic heterocycles. The molecule has 0 spiro atoms. The highest BCUT2D eigenvalue weighted by Crippen LogP contribution is 2.13. The van der Waals surface area contributed by atoms with Crippen LogP contribution in [-0.2, 0) is 11.3 Å². The maximum absolute atomic E-state index is 12.0. The number of aromatic amines is 1. The maximum atomic E-state index is 12.0. The van der Waals surface area contributed by atoms with Crippen LogP contribution in [0.3, 0.4) is 0 Å². The predicted molar refractivity (Wildman–Crippen MR) is 58.5 cm³/mol. The fourth-order valence-electron chi connectivity index (χ4n) is 1.98. The molecule has 1 aliphatic rings. The van der Waals surface area contributed by atoms with E-state index in [-0.39, 0.29) is 11.8 Å². The van der Waals surface area contributed by atoms with Gasteiger partial charge in [-0.1, -0.05) is 0 Å². The molecule has 1 aromatic rings. The van der Waals surface area contributed by atoms with Crippen LogP contribution in [0.2, 0.25) is 0 Å². The van der Waals surface area contributed by atoms with Crippen LogP contribution in [0.25, 0.3) is 0 Å². The fraction of sp³-hybridized carbons (Fsp3) is 0.700. The van der Waals surface area contributed by atoms with Crippen molar-refractivity contribution < 1.29 is 4.79 Å². The number of piperidine rings is 1. The summed E-state index contributed by atoms with van der Waals surface area (Å²) in [6.07, 6.45) is 3.51. The van der Waals surface area contributed by atoms with Gasteiger partial charge in [0.25, 0.3) is 0 Å². The maximum Gasteiger partial charge on any atom is 0.227 e. The van der Waals surface area contributed by atoms with Crippen molar-refractivity contribution in [2.24, 2.45) is 5.92 Å². The van der Waals surface area contributed by atoms with E-state index in [0.717, 1.165) is 31.8 Å². The Morgan fingerprint density at radius 1 is 1.69 bits per heavy atom. The summed E-state index contributed by atoms with van der Waals surface area (Å²) in [6.45, 7) is 2.31. The van der Waals surface area contributed by atoms with Crippen molar-refractivity contribution in [1.82, 2.24) is 25.4 Å². The van der Waals surface area contributed by atoms with E-state index < -0.39 is 0 Å². The van der Waals surface area contributed by atoms with E-state index in [1.807, 2.05) is 0 Å². The summed E-state index contributed by atoms with van der Waals surface area (Å²) < 4.78 is 0. The van der Waals surface area contributed by atoms with Gasteiger partial charge in [0.15, 0.2) is 0 Å². The Hall–Kier alpha value is -1.43. The SMILES string of the molecule is CN(Cc1ncn[nH]1)C(=O)[C@@H]1CCCNC1. The van der Waals surface area contributed by atoms with E-state index in [1.54, 1.807) is 11.9 Å². The zero-order chi connectivity index (χ0) is 11.4. The van der Waals surface area contributed by atoms with Gasteiger partial charge in [-0.3, -0.25) is 9.89 Å². The van der Waals surface area contributed by atoms with Crippen LogP contribution in [0.1, 0.15) is 18.7 Å². The van der Waals surface area contributed by atoms with Crippen molar-refractivity contribution in [3.05, 3.63) is 12.2 Å². The standard InChI is InChI=1S/C10H17N5O/c1-15(6-9-12-7-13-14-9)10(16)8-3-2-4-11-5-8/h7-8,11H,2-6H2,1H3,(H,12,13,14)/t8-/m1/s1. The highest BCUT2D eigenvalue weighted by molar-refractivity contribution is 5.78. The van der Waals surface area contributed by atoms with Crippen LogP contribution in [-0.4, -0.2) is 46.1 Å². The van der Waals surface area contributed by atoms with E-state index in [4.69, 9.17) is 0 Å². The number of rotatable bonds is 3. The molecule has 1 amide bonds. The largest absolute Gasteiger partial charge is 0.338 e. The fourth-order valence-corrected chi connectivity index (χ4v) is 1.98. The van der Waals surface area contributed by atoms with Crippen molar-refractivity contribution in [1.29, 1.82) is 0 Å². The molecule has 2 rings (SSSR count). The van der Waals surface area contributed by atoms with E-state index >= 15 is 0 Å². The number of carbonyl (C=O) groups excluding carboxylic acids is 1. The summed E-state index contributed by atoms with van der Waals surface area (Å²) in [6, 6.07) is 0. The third-order valence-corrected chi connectivity index (χ3v) is 2.87. The molecule has 1 saturated heterocycles. The van der Waals surface area contributed by atoms with Crippen LogP contribution in [0.4, 0.5) is 0 Å². The molecule has 6 nitrogen and oxygen atoms in total. The Balaban J connectivity index is 1.88. The average molecular weight is 223 g/mol. The molecular weight excluding hydrogens is 206 g/mol. The number of aromatic nitrogens is 3. The Morgan fingerprint density at radius 2 is 2.56 bits per heavy atom. The van der Waals surface area contributed by atoms with Gasteiger partial charge in [0.2, 0.25) is 5.91 Å².